The molecule has 1 saturated heterocycles. The number of carbonyl (C=O) groups is 1. The lowest BCUT2D eigenvalue weighted by atomic mass is 10.0. The van der Waals surface area contributed by atoms with Crippen LogP contribution in [0.5, 0.6) is 0 Å². The number of carbonyl (C=O) groups excluding carboxylic acids is 1. The lowest BCUT2D eigenvalue weighted by Gasteiger charge is -2.36. The molecule has 0 N–H and O–H groups in total. The van der Waals surface area contributed by atoms with Gasteiger partial charge in [0.2, 0.25) is 0 Å². The van der Waals surface area contributed by atoms with E-state index in [9.17, 15) is 4.79 Å². The van der Waals surface area contributed by atoms with Crippen molar-refractivity contribution in [2.24, 2.45) is 0 Å². The number of amides is 1. The second-order valence-electron chi connectivity index (χ2n) is 7.68. The monoisotopic (exact) mass is 418 g/mol. The van der Waals surface area contributed by atoms with Crippen molar-refractivity contribution in [3.8, 4) is 0 Å². The Balaban J connectivity index is 1.17. The smallest absolute Gasteiger partial charge is 0.269 e. The summed E-state index contributed by atoms with van der Waals surface area (Å²) in [4.78, 5) is 27.0. The minimum absolute atomic E-state index is 0.0351. The minimum atomic E-state index is 0.0351. The van der Waals surface area contributed by atoms with Crippen LogP contribution in [0.25, 0.3) is 14.9 Å². The Labute approximate surface area is 179 Å². The van der Waals surface area contributed by atoms with Gasteiger partial charge in [-0.2, -0.15) is 4.37 Å². The summed E-state index contributed by atoms with van der Waals surface area (Å²) in [5.74, 6) is 1.50. The number of hydrogen-bond donors (Lipinski definition) is 0. The van der Waals surface area contributed by atoms with E-state index in [0.717, 1.165) is 57.1 Å². The molecule has 1 fully saturated rings. The fourth-order valence-corrected chi connectivity index (χ4v) is 5.03. The third-order valence-corrected chi connectivity index (χ3v) is 6.79. The van der Waals surface area contributed by atoms with Gasteiger partial charge in [0, 0.05) is 51.2 Å². The molecule has 5 rings (SSSR count). The third kappa shape index (κ3) is 3.51. The summed E-state index contributed by atoms with van der Waals surface area (Å²) in [7, 11) is 0. The lowest BCUT2D eigenvalue weighted by molar-refractivity contribution is 0.0716. The third-order valence-electron chi connectivity index (χ3n) is 5.97. The van der Waals surface area contributed by atoms with Crippen LogP contribution in [0, 0.1) is 6.57 Å². The zero-order valence-electron chi connectivity index (χ0n) is 16.6. The quantitative estimate of drug-likeness (QED) is 0.610. The van der Waals surface area contributed by atoms with E-state index in [-0.39, 0.29) is 5.91 Å². The highest BCUT2D eigenvalue weighted by Crippen LogP contribution is 2.30. The van der Waals surface area contributed by atoms with Gasteiger partial charge in [-0.3, -0.25) is 9.69 Å². The van der Waals surface area contributed by atoms with Crippen LogP contribution in [-0.4, -0.2) is 70.9 Å². The molecular weight excluding hydrogens is 396 g/mol. The van der Waals surface area contributed by atoms with Crippen molar-refractivity contribution in [1.82, 2.24) is 19.2 Å². The molecule has 4 heterocycles. The number of hydrogen-bond acceptors (Lipinski definition) is 6. The molecule has 0 unspecified atom stereocenters. The molecule has 0 bridgehead atoms. The van der Waals surface area contributed by atoms with E-state index in [1.165, 1.54) is 10.1 Å². The highest BCUT2D eigenvalue weighted by molar-refractivity contribution is 7.13. The van der Waals surface area contributed by atoms with Gasteiger partial charge < -0.3 is 14.6 Å². The van der Waals surface area contributed by atoms with Crippen LogP contribution in [0.4, 0.5) is 11.6 Å². The Bertz CT molecular complexity index is 1130. The van der Waals surface area contributed by atoms with Gasteiger partial charge >= 0.3 is 0 Å². The van der Waals surface area contributed by atoms with Crippen LogP contribution in [-0.2, 0) is 6.42 Å². The number of piperazine rings is 1. The van der Waals surface area contributed by atoms with E-state index in [2.05, 4.69) is 48.3 Å². The van der Waals surface area contributed by atoms with E-state index in [0.29, 0.717) is 17.9 Å². The van der Waals surface area contributed by atoms with Crippen LogP contribution < -0.4 is 4.90 Å². The molecule has 2 aromatic heterocycles. The highest BCUT2D eigenvalue weighted by Gasteiger charge is 2.27. The summed E-state index contributed by atoms with van der Waals surface area (Å²) in [6, 6.07) is 10.2. The maximum Gasteiger partial charge on any atom is 0.269 e. The van der Waals surface area contributed by atoms with Crippen molar-refractivity contribution >= 4 is 39.2 Å². The molecule has 0 saturated carbocycles. The number of fused-ring (bicyclic) bond motifs is 2. The Morgan fingerprint density at radius 1 is 1.10 bits per heavy atom. The molecule has 3 aromatic rings. The molecule has 0 radical (unpaired) electrons. The van der Waals surface area contributed by atoms with Crippen molar-refractivity contribution < 1.29 is 4.79 Å². The van der Waals surface area contributed by atoms with E-state index >= 15 is 0 Å². The first-order valence-electron chi connectivity index (χ1n) is 10.2. The zero-order valence-corrected chi connectivity index (χ0v) is 17.4. The van der Waals surface area contributed by atoms with E-state index in [1.807, 2.05) is 4.90 Å². The van der Waals surface area contributed by atoms with E-state index in [1.54, 1.807) is 23.8 Å². The SMILES string of the molecule is [C-]#[N+]c1cc2c(cn1)C(=O)N(CCN1CCN(c3nsc4ccccc34)CC1)CC2. The average molecular weight is 419 g/mol. The molecule has 152 valence electrons. The van der Waals surface area contributed by atoms with Gasteiger partial charge in [-0.25, -0.2) is 0 Å². The van der Waals surface area contributed by atoms with Crippen LogP contribution in [0.1, 0.15) is 15.9 Å². The van der Waals surface area contributed by atoms with Crippen molar-refractivity contribution in [3.63, 3.8) is 0 Å². The number of benzene rings is 1. The van der Waals surface area contributed by atoms with Gasteiger partial charge in [0.1, 0.15) is 12.0 Å². The molecule has 8 heteroatoms. The first kappa shape index (κ1) is 19.0. The summed E-state index contributed by atoms with van der Waals surface area (Å²) in [6.45, 7) is 13.2. The molecule has 0 aliphatic carbocycles. The maximum absolute atomic E-state index is 12.8. The zero-order chi connectivity index (χ0) is 20.5. The van der Waals surface area contributed by atoms with Crippen LogP contribution in [0.3, 0.4) is 0 Å². The Morgan fingerprint density at radius 2 is 1.93 bits per heavy atom. The maximum atomic E-state index is 12.8. The minimum Gasteiger partial charge on any atom is -0.361 e. The van der Waals surface area contributed by atoms with Gasteiger partial charge in [-0.1, -0.05) is 18.7 Å². The first-order valence-corrected chi connectivity index (χ1v) is 11.0. The molecule has 1 amide bonds. The summed E-state index contributed by atoms with van der Waals surface area (Å²) in [5.41, 5.74) is 1.59. The second kappa shape index (κ2) is 8.01. The van der Waals surface area contributed by atoms with Gasteiger partial charge in [-0.05, 0) is 41.7 Å². The molecule has 7 nitrogen and oxygen atoms in total. The number of pyridine rings is 1. The number of nitrogens with zero attached hydrogens (tertiary/aromatic N) is 6. The number of anilines is 1. The van der Waals surface area contributed by atoms with Crippen LogP contribution >= 0.6 is 11.5 Å². The Kier molecular flexibility index (Phi) is 5.07. The van der Waals surface area contributed by atoms with Crippen molar-refractivity contribution in [1.29, 1.82) is 0 Å². The molecule has 2 aliphatic heterocycles. The summed E-state index contributed by atoms with van der Waals surface area (Å²) >= 11 is 1.56. The first-order chi connectivity index (χ1) is 14.7. The molecular formula is C22H22N6OS. The normalized spacial score (nSPS) is 17.2. The average Bonchev–Trinajstić information content (AvgIpc) is 3.23. The molecule has 2 aliphatic rings. The largest absolute Gasteiger partial charge is 0.361 e. The van der Waals surface area contributed by atoms with Crippen molar-refractivity contribution in [3.05, 3.63) is 59.1 Å². The van der Waals surface area contributed by atoms with Gasteiger partial charge in [0.05, 0.1) is 10.3 Å². The molecule has 0 spiro atoms. The lowest BCUT2D eigenvalue weighted by Crippen LogP contribution is -2.49. The predicted octanol–water partition coefficient (Wildman–Crippen LogP) is 3.06. The fourth-order valence-electron chi connectivity index (χ4n) is 4.23. The topological polar surface area (TPSA) is 56.9 Å². The Morgan fingerprint density at radius 3 is 2.77 bits per heavy atom. The fraction of sp³-hybridized carbons (Fsp3) is 0.364. The second-order valence-corrected chi connectivity index (χ2v) is 8.49. The molecule has 1 aromatic carbocycles. The predicted molar refractivity (Wildman–Crippen MR) is 118 cm³/mol. The van der Waals surface area contributed by atoms with E-state index in [4.69, 9.17) is 6.57 Å². The standard InChI is InChI=1S/C22H22N6OS/c1-23-20-14-16-6-7-28(22(29)18(16)15-24-20)13-10-26-8-11-27(12-9-26)21-17-4-2-3-5-19(17)30-25-21/h2-5,14-15H,6-13H2. The Hall–Kier alpha value is -3.02. The van der Waals surface area contributed by atoms with E-state index < -0.39 is 0 Å². The summed E-state index contributed by atoms with van der Waals surface area (Å²) in [5, 5.41) is 1.24. The van der Waals surface area contributed by atoms with Gasteiger partial charge in [-0.15, -0.1) is 4.98 Å². The van der Waals surface area contributed by atoms with Crippen molar-refractivity contribution in [2.45, 2.75) is 6.42 Å². The van der Waals surface area contributed by atoms with Crippen LogP contribution in [0.2, 0.25) is 0 Å². The molecule has 0 atom stereocenters. The summed E-state index contributed by atoms with van der Waals surface area (Å²) in [6.07, 6.45) is 2.35. The van der Waals surface area contributed by atoms with Gasteiger partial charge in [0.25, 0.3) is 11.7 Å². The summed E-state index contributed by atoms with van der Waals surface area (Å²) < 4.78 is 5.91. The molecule has 30 heavy (non-hydrogen) atoms. The van der Waals surface area contributed by atoms with Gasteiger partial charge in [0.15, 0.2) is 0 Å². The van der Waals surface area contributed by atoms with Crippen molar-refractivity contribution in [2.75, 3.05) is 50.7 Å². The van der Waals surface area contributed by atoms with Crippen LogP contribution in [0.15, 0.2) is 36.5 Å². The number of rotatable bonds is 4. The highest BCUT2D eigenvalue weighted by atomic mass is 32.1. The number of aromatic nitrogens is 2.